The Bertz CT molecular complexity index is 1320. The number of hydrogen-bond donors (Lipinski definition) is 2. The molecule has 0 radical (unpaired) electrons. The van der Waals surface area contributed by atoms with Crippen LogP contribution in [0.3, 0.4) is 0 Å². The smallest absolute Gasteiger partial charge is 0.270 e. The van der Waals surface area contributed by atoms with Gasteiger partial charge in [-0.2, -0.15) is 0 Å². The van der Waals surface area contributed by atoms with Gasteiger partial charge >= 0.3 is 0 Å². The standard InChI is InChI=1S/C22H23N7O4S/c1-2-33-19-13-23-12-17(26-19)14-3-6-16(25-11-14)20(30)28-22(8-9-22)18-7-10-24-21(27-18)29-34(31,32)15-4-5-15/h3,6-7,10-13,15H,2,4-5,8-9H2,1H3,(H,28,30)(H,24,27,29). The summed E-state index contributed by atoms with van der Waals surface area (Å²) in [5.74, 6) is 0.0841. The van der Waals surface area contributed by atoms with Crippen molar-refractivity contribution >= 4 is 21.9 Å². The third-order valence-electron chi connectivity index (χ3n) is 5.64. The molecule has 2 fully saturated rings. The van der Waals surface area contributed by atoms with E-state index in [4.69, 9.17) is 4.74 Å². The van der Waals surface area contributed by atoms with Crippen molar-refractivity contribution in [1.82, 2.24) is 30.2 Å². The Hall–Kier alpha value is -3.67. The van der Waals surface area contributed by atoms with Crippen molar-refractivity contribution in [3.05, 3.63) is 54.4 Å². The largest absolute Gasteiger partial charge is 0.477 e. The second-order valence-electron chi connectivity index (χ2n) is 8.26. The number of aromatic nitrogens is 5. The van der Waals surface area contributed by atoms with E-state index >= 15 is 0 Å². The van der Waals surface area contributed by atoms with Gasteiger partial charge in [0.25, 0.3) is 5.91 Å². The monoisotopic (exact) mass is 481 g/mol. The molecule has 3 aromatic rings. The Morgan fingerprint density at radius 2 is 1.94 bits per heavy atom. The van der Waals surface area contributed by atoms with Crippen molar-refractivity contribution < 1.29 is 17.9 Å². The van der Waals surface area contributed by atoms with E-state index in [-0.39, 0.29) is 22.8 Å². The molecule has 5 rings (SSSR count). The van der Waals surface area contributed by atoms with Gasteiger partial charge in [0, 0.05) is 18.0 Å². The molecule has 2 aliphatic carbocycles. The zero-order chi connectivity index (χ0) is 23.8. The normalized spacial score (nSPS) is 16.5. The molecule has 0 unspecified atom stereocenters. The predicted octanol–water partition coefficient (Wildman–Crippen LogP) is 2.05. The molecule has 0 aromatic carbocycles. The Labute approximate surface area is 196 Å². The molecule has 12 heteroatoms. The summed E-state index contributed by atoms with van der Waals surface area (Å²) >= 11 is 0. The first-order valence-corrected chi connectivity index (χ1v) is 12.5. The lowest BCUT2D eigenvalue weighted by Crippen LogP contribution is -2.36. The molecule has 0 bridgehead atoms. The van der Waals surface area contributed by atoms with Crippen LogP contribution in [0.1, 0.15) is 48.8 Å². The Morgan fingerprint density at radius 1 is 1.12 bits per heavy atom. The van der Waals surface area contributed by atoms with Gasteiger partial charge in [-0.3, -0.25) is 19.5 Å². The van der Waals surface area contributed by atoms with Crippen LogP contribution >= 0.6 is 0 Å². The summed E-state index contributed by atoms with van der Waals surface area (Å²) in [6.07, 6.45) is 8.84. The molecule has 2 saturated carbocycles. The quantitative estimate of drug-likeness (QED) is 0.468. The average molecular weight is 482 g/mol. The number of carbonyl (C=O) groups excluding carboxylic acids is 1. The minimum absolute atomic E-state index is 0.0165. The number of rotatable bonds is 9. The van der Waals surface area contributed by atoms with E-state index in [0.29, 0.717) is 55.1 Å². The fourth-order valence-corrected chi connectivity index (χ4v) is 4.78. The van der Waals surface area contributed by atoms with Crippen molar-refractivity contribution in [3.8, 4) is 17.1 Å². The van der Waals surface area contributed by atoms with Gasteiger partial charge in [0.2, 0.25) is 21.9 Å². The number of nitrogens with zero attached hydrogens (tertiary/aromatic N) is 5. The van der Waals surface area contributed by atoms with Gasteiger partial charge in [0.15, 0.2) is 0 Å². The van der Waals surface area contributed by atoms with Crippen LogP contribution in [-0.2, 0) is 15.6 Å². The summed E-state index contributed by atoms with van der Waals surface area (Å²) in [7, 11) is -3.47. The van der Waals surface area contributed by atoms with Gasteiger partial charge in [-0.1, -0.05) is 0 Å². The maximum absolute atomic E-state index is 12.9. The maximum Gasteiger partial charge on any atom is 0.270 e. The molecule has 2 N–H and O–H groups in total. The number of carbonyl (C=O) groups is 1. The highest BCUT2D eigenvalue weighted by Gasteiger charge is 2.47. The van der Waals surface area contributed by atoms with E-state index in [2.05, 4.69) is 35.0 Å². The number of ether oxygens (including phenoxy) is 1. The molecule has 0 saturated heterocycles. The lowest BCUT2D eigenvalue weighted by molar-refractivity contribution is 0.0924. The van der Waals surface area contributed by atoms with E-state index in [9.17, 15) is 13.2 Å². The highest BCUT2D eigenvalue weighted by Crippen LogP contribution is 2.45. The van der Waals surface area contributed by atoms with Crippen LogP contribution in [-0.4, -0.2) is 51.1 Å². The molecule has 0 spiro atoms. The van der Waals surface area contributed by atoms with Gasteiger partial charge in [-0.05, 0) is 50.8 Å². The topological polar surface area (TPSA) is 149 Å². The number of nitrogens with one attached hydrogen (secondary N) is 2. The summed E-state index contributed by atoms with van der Waals surface area (Å²) in [6.45, 7) is 2.35. The van der Waals surface area contributed by atoms with E-state index in [1.165, 1.54) is 12.4 Å². The molecular weight excluding hydrogens is 458 g/mol. The summed E-state index contributed by atoms with van der Waals surface area (Å²) in [5.41, 5.74) is 1.43. The summed E-state index contributed by atoms with van der Waals surface area (Å²) in [6, 6.07) is 5.05. The third-order valence-corrected chi connectivity index (χ3v) is 7.46. The van der Waals surface area contributed by atoms with Crippen molar-refractivity contribution in [1.29, 1.82) is 0 Å². The molecule has 3 aromatic heterocycles. The first kappa shape index (κ1) is 22.1. The molecule has 34 heavy (non-hydrogen) atoms. The molecule has 0 aliphatic heterocycles. The first-order valence-electron chi connectivity index (χ1n) is 11.0. The van der Waals surface area contributed by atoms with E-state index in [1.807, 2.05) is 6.92 Å². The fraction of sp³-hybridized carbons (Fsp3) is 0.364. The summed E-state index contributed by atoms with van der Waals surface area (Å²) < 4.78 is 32.2. The zero-order valence-corrected chi connectivity index (χ0v) is 19.2. The van der Waals surface area contributed by atoms with Crippen LogP contribution in [0.4, 0.5) is 5.95 Å². The highest BCUT2D eigenvalue weighted by molar-refractivity contribution is 7.93. The van der Waals surface area contributed by atoms with Crippen LogP contribution in [0.2, 0.25) is 0 Å². The number of amides is 1. The zero-order valence-electron chi connectivity index (χ0n) is 18.4. The molecular formula is C22H23N7O4S. The van der Waals surface area contributed by atoms with Gasteiger partial charge in [-0.15, -0.1) is 0 Å². The van der Waals surface area contributed by atoms with Crippen LogP contribution < -0.4 is 14.8 Å². The Morgan fingerprint density at radius 3 is 2.62 bits per heavy atom. The molecule has 0 atom stereocenters. The predicted molar refractivity (Wildman–Crippen MR) is 122 cm³/mol. The SMILES string of the molecule is CCOc1cncc(-c2ccc(C(=O)NC3(c4ccnc(NS(=O)(=O)C5CC5)n4)CC3)nc2)n1. The average Bonchev–Trinajstić information content (AvgIpc) is 3.74. The minimum atomic E-state index is -3.47. The number of anilines is 1. The lowest BCUT2D eigenvalue weighted by atomic mass is 10.1. The van der Waals surface area contributed by atoms with Gasteiger partial charge < -0.3 is 10.1 Å². The van der Waals surface area contributed by atoms with Crippen molar-refractivity contribution in [2.24, 2.45) is 0 Å². The van der Waals surface area contributed by atoms with E-state index in [1.54, 1.807) is 30.6 Å². The highest BCUT2D eigenvalue weighted by atomic mass is 32.2. The van der Waals surface area contributed by atoms with Gasteiger partial charge in [-0.25, -0.2) is 23.4 Å². The molecule has 3 heterocycles. The van der Waals surface area contributed by atoms with Crippen LogP contribution in [0.25, 0.3) is 11.3 Å². The van der Waals surface area contributed by atoms with Crippen LogP contribution in [0.15, 0.2) is 43.0 Å². The minimum Gasteiger partial charge on any atom is -0.477 e. The van der Waals surface area contributed by atoms with Crippen LogP contribution in [0, 0.1) is 0 Å². The number of sulfonamides is 1. The van der Waals surface area contributed by atoms with Crippen molar-refractivity contribution in [3.63, 3.8) is 0 Å². The molecule has 176 valence electrons. The molecule has 11 nitrogen and oxygen atoms in total. The van der Waals surface area contributed by atoms with Crippen molar-refractivity contribution in [2.45, 2.75) is 43.4 Å². The van der Waals surface area contributed by atoms with E-state index in [0.717, 1.165) is 0 Å². The van der Waals surface area contributed by atoms with Crippen molar-refractivity contribution in [2.75, 3.05) is 11.3 Å². The number of pyridine rings is 1. The second kappa shape index (κ2) is 8.60. The van der Waals surface area contributed by atoms with Gasteiger partial charge in [0.05, 0.1) is 41.2 Å². The lowest BCUT2D eigenvalue weighted by Gasteiger charge is -2.17. The van der Waals surface area contributed by atoms with Crippen LogP contribution in [0.5, 0.6) is 5.88 Å². The summed E-state index contributed by atoms with van der Waals surface area (Å²) in [5, 5.41) is 2.61. The molecule has 2 aliphatic rings. The molecule has 1 amide bonds. The maximum atomic E-state index is 12.9. The fourth-order valence-electron chi connectivity index (χ4n) is 3.50. The second-order valence-corrected chi connectivity index (χ2v) is 10.2. The summed E-state index contributed by atoms with van der Waals surface area (Å²) in [4.78, 5) is 34.1. The number of hydrogen-bond acceptors (Lipinski definition) is 9. The Kier molecular flexibility index (Phi) is 5.60. The Balaban J connectivity index is 1.29. The van der Waals surface area contributed by atoms with Gasteiger partial charge in [0.1, 0.15) is 5.69 Å². The van der Waals surface area contributed by atoms with E-state index < -0.39 is 15.6 Å². The third kappa shape index (κ3) is 4.67. The first-order chi connectivity index (χ1) is 16.4.